The zero-order valence-corrected chi connectivity index (χ0v) is 16.3. The van der Waals surface area contributed by atoms with Crippen LogP contribution in [0, 0.1) is 11.8 Å². The van der Waals surface area contributed by atoms with Gasteiger partial charge >= 0.3 is 0 Å². The van der Waals surface area contributed by atoms with Gasteiger partial charge in [-0.2, -0.15) is 0 Å². The predicted molar refractivity (Wildman–Crippen MR) is 110 cm³/mol. The van der Waals surface area contributed by atoms with Gasteiger partial charge in [0, 0.05) is 0 Å². The zero-order chi connectivity index (χ0) is 20.0. The second kappa shape index (κ2) is 7.14. The Balaban J connectivity index is 1.50. The first kappa shape index (κ1) is 18.1. The summed E-state index contributed by atoms with van der Waals surface area (Å²) in [6, 6.07) is 15.8. The van der Waals surface area contributed by atoms with Crippen molar-refractivity contribution in [3.8, 4) is 0 Å². The summed E-state index contributed by atoms with van der Waals surface area (Å²) in [5.74, 6) is -1.01. The predicted octanol–water partition coefficient (Wildman–Crippen LogP) is 3.63. The molecule has 29 heavy (non-hydrogen) atoms. The van der Waals surface area contributed by atoms with E-state index in [1.54, 1.807) is 4.90 Å². The van der Waals surface area contributed by atoms with Gasteiger partial charge in [0.05, 0.1) is 23.2 Å². The van der Waals surface area contributed by atoms with E-state index in [2.05, 4.69) is 0 Å². The van der Waals surface area contributed by atoms with Gasteiger partial charge in [0.15, 0.2) is 0 Å². The van der Waals surface area contributed by atoms with Crippen molar-refractivity contribution in [1.29, 1.82) is 0 Å². The van der Waals surface area contributed by atoms with Gasteiger partial charge in [-0.15, -0.1) is 0 Å². The number of benzene rings is 2. The summed E-state index contributed by atoms with van der Waals surface area (Å²) >= 11 is 0. The number of carbonyl (C=O) groups excluding carboxylic acids is 3. The summed E-state index contributed by atoms with van der Waals surface area (Å²) in [4.78, 5) is 42.2. The van der Waals surface area contributed by atoms with Crippen molar-refractivity contribution in [2.45, 2.75) is 38.5 Å². The minimum atomic E-state index is -0.229. The molecule has 5 rings (SSSR count). The first-order valence-corrected chi connectivity index (χ1v) is 10.5. The zero-order valence-electron chi connectivity index (χ0n) is 16.3. The number of fused-ring (bicyclic) bond motifs is 3. The van der Waals surface area contributed by atoms with Crippen LogP contribution in [0.5, 0.6) is 0 Å². The molecular weight excluding hydrogens is 364 g/mol. The van der Waals surface area contributed by atoms with E-state index in [9.17, 15) is 14.4 Å². The third-order valence-corrected chi connectivity index (χ3v) is 6.60. The fourth-order valence-corrected chi connectivity index (χ4v) is 5.14. The molecule has 0 N–H and O–H groups in total. The number of aryl methyl sites for hydroxylation is 2. The van der Waals surface area contributed by atoms with E-state index >= 15 is 0 Å². The number of anilines is 2. The monoisotopic (exact) mass is 388 g/mol. The second-order valence-corrected chi connectivity index (χ2v) is 8.25. The van der Waals surface area contributed by atoms with E-state index in [1.807, 2.05) is 48.5 Å². The Labute approximate surface area is 170 Å². The van der Waals surface area contributed by atoms with Crippen LogP contribution in [0.2, 0.25) is 0 Å². The maximum Gasteiger partial charge on any atom is 0.251 e. The Morgan fingerprint density at radius 2 is 1.28 bits per heavy atom. The Kier molecular flexibility index (Phi) is 4.46. The molecule has 0 spiro atoms. The summed E-state index contributed by atoms with van der Waals surface area (Å²) in [6.45, 7) is -0.187. The van der Waals surface area contributed by atoms with Crippen LogP contribution in [0.1, 0.15) is 36.8 Å². The molecule has 0 unspecified atom stereocenters. The first-order valence-electron chi connectivity index (χ1n) is 10.5. The van der Waals surface area contributed by atoms with Crippen molar-refractivity contribution in [3.63, 3.8) is 0 Å². The largest absolute Gasteiger partial charge is 0.279 e. The average molecular weight is 388 g/mol. The minimum Gasteiger partial charge on any atom is -0.279 e. The molecule has 5 nitrogen and oxygen atoms in total. The lowest BCUT2D eigenvalue weighted by Gasteiger charge is -2.27. The molecule has 148 valence electrons. The van der Waals surface area contributed by atoms with Crippen molar-refractivity contribution in [3.05, 3.63) is 59.7 Å². The molecule has 5 heteroatoms. The van der Waals surface area contributed by atoms with Gasteiger partial charge in [0.25, 0.3) is 5.91 Å². The molecule has 3 aliphatic rings. The maximum absolute atomic E-state index is 13.5. The number of nitrogens with zero attached hydrogens (tertiary/aromatic N) is 2. The fraction of sp³-hybridized carbons (Fsp3) is 0.375. The summed E-state index contributed by atoms with van der Waals surface area (Å²) in [6.07, 6.45) is 5.18. The van der Waals surface area contributed by atoms with Crippen LogP contribution in [0.4, 0.5) is 11.4 Å². The van der Waals surface area contributed by atoms with Crippen molar-refractivity contribution < 1.29 is 14.4 Å². The molecule has 1 saturated carbocycles. The molecule has 1 aliphatic carbocycles. The third kappa shape index (κ3) is 2.96. The molecule has 0 aromatic heterocycles. The summed E-state index contributed by atoms with van der Waals surface area (Å²) in [5, 5.41) is 0. The molecule has 2 atom stereocenters. The van der Waals surface area contributed by atoms with Gasteiger partial charge < -0.3 is 0 Å². The van der Waals surface area contributed by atoms with Gasteiger partial charge in [0.2, 0.25) is 11.8 Å². The van der Waals surface area contributed by atoms with Crippen LogP contribution >= 0.6 is 0 Å². The van der Waals surface area contributed by atoms with Crippen molar-refractivity contribution >= 4 is 29.1 Å². The normalized spacial score (nSPS) is 23.3. The lowest BCUT2D eigenvalue weighted by atomic mass is 9.81. The van der Waals surface area contributed by atoms with Gasteiger partial charge in [-0.05, 0) is 48.9 Å². The highest BCUT2D eigenvalue weighted by Crippen LogP contribution is 2.39. The van der Waals surface area contributed by atoms with Crippen molar-refractivity contribution in [2.75, 3.05) is 11.4 Å². The number of para-hydroxylation sites is 2. The summed E-state index contributed by atoms with van der Waals surface area (Å²) in [7, 11) is 0. The lowest BCUT2D eigenvalue weighted by Crippen LogP contribution is -2.42. The number of hydrogen-bond donors (Lipinski definition) is 0. The van der Waals surface area contributed by atoms with Gasteiger partial charge in [-0.1, -0.05) is 49.2 Å². The third-order valence-electron chi connectivity index (χ3n) is 6.60. The summed E-state index contributed by atoms with van der Waals surface area (Å²) in [5.41, 5.74) is 3.90. The molecular formula is C24H24N2O3. The molecule has 2 aromatic carbocycles. The van der Waals surface area contributed by atoms with Crippen LogP contribution < -0.4 is 4.90 Å². The number of carbonyl (C=O) groups is 3. The number of imide groups is 1. The van der Waals surface area contributed by atoms with E-state index in [-0.39, 0.29) is 36.1 Å². The molecule has 2 aromatic rings. The molecule has 2 fully saturated rings. The smallest absolute Gasteiger partial charge is 0.251 e. The Hall–Kier alpha value is -2.95. The molecule has 2 aliphatic heterocycles. The number of amides is 3. The van der Waals surface area contributed by atoms with E-state index in [4.69, 9.17) is 0 Å². The van der Waals surface area contributed by atoms with Crippen LogP contribution in [-0.4, -0.2) is 29.2 Å². The number of hydrogen-bond acceptors (Lipinski definition) is 3. The molecule has 0 bridgehead atoms. The second-order valence-electron chi connectivity index (χ2n) is 8.25. The van der Waals surface area contributed by atoms with E-state index in [0.717, 1.165) is 61.0 Å². The Bertz CT molecular complexity index is 928. The van der Waals surface area contributed by atoms with Crippen LogP contribution in [-0.2, 0) is 27.2 Å². The van der Waals surface area contributed by atoms with E-state index in [0.29, 0.717) is 0 Å². The van der Waals surface area contributed by atoms with Gasteiger partial charge in [0.1, 0.15) is 6.54 Å². The summed E-state index contributed by atoms with van der Waals surface area (Å²) < 4.78 is 0. The average Bonchev–Trinajstić information content (AvgIpc) is 2.90. The standard InChI is InChI=1S/C24H24N2O3/c27-22(15-25-23(28)18-9-3-4-10-19(18)24(25)29)26-20-11-5-1-7-16(20)13-14-17-8-2-6-12-21(17)26/h1-2,5-8,11-12,18-19H,3-4,9-10,13-15H2/t18-,19-/m1/s1. The van der Waals surface area contributed by atoms with Crippen molar-refractivity contribution in [1.82, 2.24) is 4.90 Å². The number of rotatable bonds is 2. The highest BCUT2D eigenvalue weighted by molar-refractivity contribution is 6.11. The van der Waals surface area contributed by atoms with Crippen LogP contribution in [0.3, 0.4) is 0 Å². The van der Waals surface area contributed by atoms with Crippen molar-refractivity contribution in [2.24, 2.45) is 11.8 Å². The van der Waals surface area contributed by atoms with E-state index < -0.39 is 0 Å². The fourth-order valence-electron chi connectivity index (χ4n) is 5.14. The first-order chi connectivity index (χ1) is 14.1. The topological polar surface area (TPSA) is 57.7 Å². The lowest BCUT2D eigenvalue weighted by molar-refractivity contribution is -0.143. The highest BCUT2D eigenvalue weighted by atomic mass is 16.2. The van der Waals surface area contributed by atoms with Gasteiger partial charge in [-0.3, -0.25) is 24.2 Å². The maximum atomic E-state index is 13.5. The SMILES string of the molecule is O=C1[C@@H]2CCCC[C@H]2C(=O)N1CC(=O)N1c2ccccc2CCc2ccccc21. The molecule has 0 radical (unpaired) electrons. The highest BCUT2D eigenvalue weighted by Gasteiger charge is 2.49. The Morgan fingerprint density at radius 1 is 0.793 bits per heavy atom. The quantitative estimate of drug-likeness (QED) is 0.739. The number of likely N-dealkylation sites (tertiary alicyclic amines) is 1. The Morgan fingerprint density at radius 3 is 1.79 bits per heavy atom. The minimum absolute atomic E-state index is 0.163. The molecule has 2 heterocycles. The van der Waals surface area contributed by atoms with E-state index in [1.165, 1.54) is 4.90 Å². The van der Waals surface area contributed by atoms with Crippen LogP contribution in [0.25, 0.3) is 0 Å². The molecule has 1 saturated heterocycles. The van der Waals surface area contributed by atoms with Gasteiger partial charge in [-0.25, -0.2) is 0 Å². The van der Waals surface area contributed by atoms with Crippen LogP contribution in [0.15, 0.2) is 48.5 Å². The molecule has 3 amide bonds.